The van der Waals surface area contributed by atoms with Gasteiger partial charge in [0.05, 0.1) is 5.56 Å². The highest BCUT2D eigenvalue weighted by atomic mass is 35.5. The minimum atomic E-state index is 0.514. The molecule has 4 heteroatoms. The third-order valence-corrected chi connectivity index (χ3v) is 2.78. The Morgan fingerprint density at radius 1 is 1.11 bits per heavy atom. The lowest BCUT2D eigenvalue weighted by atomic mass is 10.2. The van der Waals surface area contributed by atoms with E-state index in [4.69, 9.17) is 21.8 Å². The number of halogens is 1. The van der Waals surface area contributed by atoms with E-state index in [0.29, 0.717) is 22.2 Å². The molecule has 0 saturated carbocycles. The Hall–Kier alpha value is -2.00. The van der Waals surface area contributed by atoms with Crippen molar-refractivity contribution in [3.8, 4) is 11.5 Å². The van der Waals surface area contributed by atoms with Crippen molar-refractivity contribution in [2.45, 2.75) is 13.8 Å². The van der Waals surface area contributed by atoms with E-state index in [2.05, 4.69) is 4.98 Å². The first-order chi connectivity index (χ1) is 9.24. The third-order valence-electron chi connectivity index (χ3n) is 2.54. The maximum absolute atomic E-state index is 5.90. The molecule has 19 heavy (non-hydrogen) atoms. The summed E-state index contributed by atoms with van der Waals surface area (Å²) >= 11 is 5.90. The Kier molecular flexibility index (Phi) is 4.07. The summed E-state index contributed by atoms with van der Waals surface area (Å²) in [5.41, 5.74) is 8.75. The Morgan fingerprint density at radius 3 is 2.58 bits per heavy atom. The van der Waals surface area contributed by atoms with Crippen LogP contribution in [0.2, 0.25) is 5.02 Å². The Morgan fingerprint density at radius 2 is 1.84 bits per heavy atom. The standard InChI is InChI=1S/C13H9ClN2O.C2H6/c14-8-5-6-12-11(7-8)16-13(17-12)9-3-1-2-4-10(9)15;1-2/h1-7H,15H2;1-2H3. The molecule has 0 aliphatic rings. The number of nitrogens with zero attached hydrogens (tertiary/aromatic N) is 1. The van der Waals surface area contributed by atoms with Crippen molar-refractivity contribution < 1.29 is 4.42 Å². The first-order valence-electron chi connectivity index (χ1n) is 6.15. The number of hydrogen-bond donors (Lipinski definition) is 1. The highest BCUT2D eigenvalue weighted by Gasteiger charge is 2.10. The smallest absolute Gasteiger partial charge is 0.229 e. The number of hydrogen-bond acceptors (Lipinski definition) is 3. The minimum absolute atomic E-state index is 0.514. The number of aromatic nitrogens is 1. The summed E-state index contributed by atoms with van der Waals surface area (Å²) in [5, 5.41) is 0.637. The molecule has 0 aliphatic heterocycles. The molecule has 3 aromatic rings. The number of para-hydroxylation sites is 1. The van der Waals surface area contributed by atoms with Crippen LogP contribution >= 0.6 is 11.6 Å². The molecule has 1 aromatic heterocycles. The van der Waals surface area contributed by atoms with Gasteiger partial charge in [0.25, 0.3) is 0 Å². The fourth-order valence-electron chi connectivity index (χ4n) is 1.71. The number of rotatable bonds is 1. The van der Waals surface area contributed by atoms with Gasteiger partial charge in [-0.05, 0) is 30.3 Å². The summed E-state index contributed by atoms with van der Waals surface area (Å²) < 4.78 is 5.64. The molecule has 0 unspecified atom stereocenters. The van der Waals surface area contributed by atoms with Crippen LogP contribution in [0.1, 0.15) is 13.8 Å². The van der Waals surface area contributed by atoms with E-state index in [0.717, 1.165) is 11.1 Å². The van der Waals surface area contributed by atoms with Crippen molar-refractivity contribution in [2.75, 3.05) is 5.73 Å². The number of oxazole rings is 1. The van der Waals surface area contributed by atoms with E-state index in [1.54, 1.807) is 18.2 Å². The molecule has 0 saturated heterocycles. The molecule has 0 bridgehead atoms. The van der Waals surface area contributed by atoms with Crippen LogP contribution in [0.5, 0.6) is 0 Å². The van der Waals surface area contributed by atoms with Gasteiger partial charge in [0, 0.05) is 10.7 Å². The fourth-order valence-corrected chi connectivity index (χ4v) is 1.87. The molecule has 1 heterocycles. The van der Waals surface area contributed by atoms with E-state index in [-0.39, 0.29) is 0 Å². The van der Waals surface area contributed by atoms with Crippen LogP contribution in [0.25, 0.3) is 22.6 Å². The second-order valence-electron chi connectivity index (χ2n) is 3.72. The van der Waals surface area contributed by atoms with E-state index in [1.807, 2.05) is 38.1 Å². The van der Waals surface area contributed by atoms with Crippen LogP contribution in [0.3, 0.4) is 0 Å². The number of nitrogens with two attached hydrogens (primary N) is 1. The molecule has 0 aliphatic carbocycles. The first kappa shape index (κ1) is 13.4. The van der Waals surface area contributed by atoms with Gasteiger partial charge in [0.15, 0.2) is 5.58 Å². The highest BCUT2D eigenvalue weighted by Crippen LogP contribution is 2.29. The quantitative estimate of drug-likeness (QED) is 0.651. The van der Waals surface area contributed by atoms with E-state index >= 15 is 0 Å². The largest absolute Gasteiger partial charge is 0.436 e. The summed E-state index contributed by atoms with van der Waals surface area (Å²) in [6.07, 6.45) is 0. The zero-order valence-corrected chi connectivity index (χ0v) is 11.6. The Bertz CT molecular complexity index is 691. The second-order valence-corrected chi connectivity index (χ2v) is 4.15. The fraction of sp³-hybridized carbons (Fsp3) is 0.133. The molecule has 2 N–H and O–H groups in total. The van der Waals surface area contributed by atoms with Crippen LogP contribution in [0.15, 0.2) is 46.9 Å². The summed E-state index contributed by atoms with van der Waals surface area (Å²) in [7, 11) is 0. The van der Waals surface area contributed by atoms with Crippen LogP contribution < -0.4 is 5.73 Å². The maximum Gasteiger partial charge on any atom is 0.229 e. The maximum atomic E-state index is 5.90. The van der Waals surface area contributed by atoms with Crippen LogP contribution in [0, 0.1) is 0 Å². The van der Waals surface area contributed by atoms with Crippen molar-refractivity contribution in [2.24, 2.45) is 0 Å². The topological polar surface area (TPSA) is 52.0 Å². The highest BCUT2D eigenvalue weighted by molar-refractivity contribution is 6.31. The number of benzene rings is 2. The number of fused-ring (bicyclic) bond motifs is 1. The average Bonchev–Trinajstić information content (AvgIpc) is 2.84. The van der Waals surface area contributed by atoms with Gasteiger partial charge in [-0.3, -0.25) is 0 Å². The van der Waals surface area contributed by atoms with Gasteiger partial charge in [-0.2, -0.15) is 0 Å². The normalized spacial score (nSPS) is 10.1. The van der Waals surface area contributed by atoms with Gasteiger partial charge in [0.2, 0.25) is 5.89 Å². The number of anilines is 1. The lowest BCUT2D eigenvalue weighted by Gasteiger charge is -1.98. The summed E-state index contributed by atoms with van der Waals surface area (Å²) in [6.45, 7) is 4.00. The predicted molar refractivity (Wildman–Crippen MR) is 80.2 cm³/mol. The van der Waals surface area contributed by atoms with E-state index in [9.17, 15) is 0 Å². The molecule has 0 fully saturated rings. The predicted octanol–water partition coefficient (Wildman–Crippen LogP) is 4.76. The SMILES string of the molecule is CC.Nc1ccccc1-c1nc2cc(Cl)ccc2o1. The van der Waals surface area contributed by atoms with Crippen LogP contribution in [-0.4, -0.2) is 4.98 Å². The van der Waals surface area contributed by atoms with E-state index < -0.39 is 0 Å². The van der Waals surface area contributed by atoms with Gasteiger partial charge in [-0.1, -0.05) is 37.6 Å². The average molecular weight is 275 g/mol. The van der Waals surface area contributed by atoms with Gasteiger partial charge in [-0.15, -0.1) is 0 Å². The molecule has 0 radical (unpaired) electrons. The zero-order valence-electron chi connectivity index (χ0n) is 10.9. The molecule has 0 atom stereocenters. The zero-order chi connectivity index (χ0) is 13.8. The summed E-state index contributed by atoms with van der Waals surface area (Å²) in [4.78, 5) is 4.37. The third kappa shape index (κ3) is 2.71. The van der Waals surface area contributed by atoms with Gasteiger partial charge in [0.1, 0.15) is 5.52 Å². The number of nitrogen functional groups attached to an aromatic ring is 1. The minimum Gasteiger partial charge on any atom is -0.436 e. The molecule has 0 amide bonds. The first-order valence-corrected chi connectivity index (χ1v) is 6.53. The molecule has 98 valence electrons. The molecule has 3 nitrogen and oxygen atoms in total. The Labute approximate surface area is 117 Å². The molecular weight excluding hydrogens is 260 g/mol. The Balaban J connectivity index is 0.000000637. The second kappa shape index (κ2) is 5.76. The van der Waals surface area contributed by atoms with Crippen molar-refractivity contribution in [1.29, 1.82) is 0 Å². The summed E-state index contributed by atoms with van der Waals surface area (Å²) in [5.74, 6) is 0.514. The molecule has 0 spiro atoms. The van der Waals surface area contributed by atoms with Crippen molar-refractivity contribution in [3.05, 3.63) is 47.5 Å². The molecule has 2 aromatic carbocycles. The van der Waals surface area contributed by atoms with Crippen molar-refractivity contribution >= 4 is 28.4 Å². The lowest BCUT2D eigenvalue weighted by molar-refractivity contribution is 0.620. The van der Waals surface area contributed by atoms with Crippen LogP contribution in [-0.2, 0) is 0 Å². The molecular formula is C15H15ClN2O. The lowest BCUT2D eigenvalue weighted by Crippen LogP contribution is -1.88. The van der Waals surface area contributed by atoms with Gasteiger partial charge in [-0.25, -0.2) is 4.98 Å². The van der Waals surface area contributed by atoms with Crippen molar-refractivity contribution in [3.63, 3.8) is 0 Å². The van der Waals surface area contributed by atoms with Gasteiger partial charge < -0.3 is 10.2 Å². The monoisotopic (exact) mass is 274 g/mol. The van der Waals surface area contributed by atoms with E-state index in [1.165, 1.54) is 0 Å². The van der Waals surface area contributed by atoms with Crippen molar-refractivity contribution in [1.82, 2.24) is 4.98 Å². The van der Waals surface area contributed by atoms with Gasteiger partial charge >= 0.3 is 0 Å². The molecule has 3 rings (SSSR count). The summed E-state index contributed by atoms with van der Waals surface area (Å²) in [6, 6.07) is 12.8. The van der Waals surface area contributed by atoms with Crippen LogP contribution in [0.4, 0.5) is 5.69 Å².